The van der Waals surface area contributed by atoms with Gasteiger partial charge in [-0.05, 0) is 55.8 Å². The third kappa shape index (κ3) is 7.64. The summed E-state index contributed by atoms with van der Waals surface area (Å²) in [6, 6.07) is 0. The summed E-state index contributed by atoms with van der Waals surface area (Å²) in [6.07, 6.45) is 9.51. The molecule has 0 saturated carbocycles. The highest BCUT2D eigenvalue weighted by atomic mass is 15.1. The summed E-state index contributed by atoms with van der Waals surface area (Å²) in [5.41, 5.74) is 2.59. The third-order valence-electron chi connectivity index (χ3n) is 3.84. The maximum Gasteiger partial charge on any atom is 0.0236 e. The molecular formula is C18H34N2. The van der Waals surface area contributed by atoms with Crippen LogP contribution in [0.3, 0.4) is 0 Å². The van der Waals surface area contributed by atoms with Crippen molar-refractivity contribution in [1.82, 2.24) is 4.90 Å². The Hall–Kier alpha value is -0.890. The van der Waals surface area contributed by atoms with Gasteiger partial charge in [-0.25, -0.2) is 0 Å². The maximum atomic E-state index is 7.53. The minimum absolute atomic E-state index is 0.230. The van der Waals surface area contributed by atoms with E-state index in [9.17, 15) is 0 Å². The summed E-state index contributed by atoms with van der Waals surface area (Å²) in [4.78, 5) is 2.49. The molecule has 0 aliphatic carbocycles. The molecule has 0 aliphatic heterocycles. The molecule has 116 valence electrons. The van der Waals surface area contributed by atoms with Gasteiger partial charge in [0, 0.05) is 12.8 Å². The minimum Gasteiger partial charge on any atom is -0.308 e. The van der Waals surface area contributed by atoms with Gasteiger partial charge in [-0.3, -0.25) is 4.90 Å². The number of nitrogens with one attached hydrogen (secondary N) is 1. The van der Waals surface area contributed by atoms with Crippen molar-refractivity contribution in [2.75, 3.05) is 19.6 Å². The molecule has 0 aliphatic rings. The van der Waals surface area contributed by atoms with Gasteiger partial charge >= 0.3 is 0 Å². The van der Waals surface area contributed by atoms with E-state index in [0.29, 0.717) is 0 Å². The molecule has 0 fully saturated rings. The molecule has 0 aromatic carbocycles. The zero-order chi connectivity index (χ0) is 15.6. The topological polar surface area (TPSA) is 27.1 Å². The van der Waals surface area contributed by atoms with Crippen LogP contribution in [0.1, 0.15) is 60.8 Å². The Morgan fingerprint density at radius 3 is 2.05 bits per heavy atom. The first-order chi connectivity index (χ1) is 9.40. The van der Waals surface area contributed by atoms with Crippen LogP contribution < -0.4 is 0 Å². The molecule has 0 saturated heterocycles. The van der Waals surface area contributed by atoms with E-state index in [1.54, 1.807) is 0 Å². The van der Waals surface area contributed by atoms with E-state index in [1.165, 1.54) is 24.6 Å². The molecule has 0 unspecified atom stereocenters. The monoisotopic (exact) mass is 278 g/mol. The predicted molar refractivity (Wildman–Crippen MR) is 91.7 cm³/mol. The molecule has 0 radical (unpaired) electrons. The lowest BCUT2D eigenvalue weighted by Gasteiger charge is -2.23. The Bertz CT molecular complexity index is 331. The van der Waals surface area contributed by atoms with Gasteiger partial charge in [-0.15, -0.1) is 0 Å². The molecule has 0 aromatic heterocycles. The first-order valence-corrected chi connectivity index (χ1v) is 8.02. The van der Waals surface area contributed by atoms with Crippen LogP contribution in [0.15, 0.2) is 23.3 Å². The zero-order valence-corrected chi connectivity index (χ0v) is 14.4. The number of hydrogen-bond donors (Lipinski definition) is 1. The van der Waals surface area contributed by atoms with Gasteiger partial charge in [0.1, 0.15) is 0 Å². The van der Waals surface area contributed by atoms with Crippen LogP contribution in [0.5, 0.6) is 0 Å². The van der Waals surface area contributed by atoms with Crippen LogP contribution in [0, 0.1) is 10.8 Å². The van der Waals surface area contributed by atoms with E-state index in [-0.39, 0.29) is 5.41 Å². The van der Waals surface area contributed by atoms with Crippen LogP contribution in [0.4, 0.5) is 0 Å². The van der Waals surface area contributed by atoms with Crippen molar-refractivity contribution in [2.45, 2.75) is 60.8 Å². The largest absolute Gasteiger partial charge is 0.308 e. The van der Waals surface area contributed by atoms with Gasteiger partial charge in [-0.2, -0.15) is 0 Å². The highest BCUT2D eigenvalue weighted by Crippen LogP contribution is 2.22. The normalized spacial score (nSPS) is 13.9. The van der Waals surface area contributed by atoms with E-state index in [4.69, 9.17) is 5.41 Å². The lowest BCUT2D eigenvalue weighted by atomic mass is 9.89. The van der Waals surface area contributed by atoms with E-state index in [0.717, 1.165) is 31.6 Å². The number of hydrogen-bond acceptors (Lipinski definition) is 2. The lowest BCUT2D eigenvalue weighted by molar-refractivity contribution is 0.299. The zero-order valence-electron chi connectivity index (χ0n) is 14.4. The summed E-state index contributed by atoms with van der Waals surface area (Å²) in [6.45, 7) is 16.5. The van der Waals surface area contributed by atoms with Crippen LogP contribution in [0.2, 0.25) is 0 Å². The third-order valence-corrected chi connectivity index (χ3v) is 3.84. The molecule has 2 heteroatoms. The summed E-state index contributed by atoms with van der Waals surface area (Å²) in [5, 5.41) is 7.53. The fourth-order valence-electron chi connectivity index (χ4n) is 1.99. The second-order valence-corrected chi connectivity index (χ2v) is 6.30. The molecule has 0 aromatic rings. The van der Waals surface area contributed by atoms with Crippen LogP contribution in [0.25, 0.3) is 0 Å². The SMILES string of the molecule is CCCN(CCC)CC(/C=C/C(C)(C)CC)=C(\C)C=N. The summed E-state index contributed by atoms with van der Waals surface area (Å²) >= 11 is 0. The van der Waals surface area contributed by atoms with Gasteiger partial charge in [0.25, 0.3) is 0 Å². The molecular weight excluding hydrogens is 244 g/mol. The molecule has 0 amide bonds. The van der Waals surface area contributed by atoms with Gasteiger partial charge in [0.2, 0.25) is 0 Å². The van der Waals surface area contributed by atoms with E-state index >= 15 is 0 Å². The van der Waals surface area contributed by atoms with Crippen LogP contribution in [-0.4, -0.2) is 30.7 Å². The van der Waals surface area contributed by atoms with Crippen molar-refractivity contribution >= 4 is 6.21 Å². The highest BCUT2D eigenvalue weighted by molar-refractivity contribution is 5.77. The Morgan fingerprint density at radius 1 is 1.10 bits per heavy atom. The van der Waals surface area contributed by atoms with Crippen molar-refractivity contribution in [3.63, 3.8) is 0 Å². The van der Waals surface area contributed by atoms with E-state index < -0.39 is 0 Å². The minimum atomic E-state index is 0.230. The fourth-order valence-corrected chi connectivity index (χ4v) is 1.99. The second-order valence-electron chi connectivity index (χ2n) is 6.30. The van der Waals surface area contributed by atoms with Gasteiger partial charge in [0.05, 0.1) is 0 Å². The van der Waals surface area contributed by atoms with Crippen LogP contribution in [-0.2, 0) is 0 Å². The molecule has 0 bridgehead atoms. The van der Waals surface area contributed by atoms with Crippen molar-refractivity contribution in [1.29, 1.82) is 5.41 Å². The molecule has 0 spiro atoms. The van der Waals surface area contributed by atoms with Gasteiger partial charge in [-0.1, -0.05) is 46.8 Å². The molecule has 1 N–H and O–H groups in total. The molecule has 20 heavy (non-hydrogen) atoms. The number of nitrogens with zero attached hydrogens (tertiary/aromatic N) is 1. The fraction of sp³-hybridized carbons (Fsp3) is 0.722. The highest BCUT2D eigenvalue weighted by Gasteiger charge is 2.11. The van der Waals surface area contributed by atoms with Crippen molar-refractivity contribution in [3.05, 3.63) is 23.3 Å². The molecule has 0 heterocycles. The molecule has 2 nitrogen and oxygen atoms in total. The Morgan fingerprint density at radius 2 is 1.65 bits per heavy atom. The second kappa shape index (κ2) is 9.93. The van der Waals surface area contributed by atoms with Crippen LogP contribution >= 0.6 is 0 Å². The lowest BCUT2D eigenvalue weighted by Crippen LogP contribution is -2.28. The smallest absolute Gasteiger partial charge is 0.0236 e. The van der Waals surface area contributed by atoms with Crippen molar-refractivity contribution < 1.29 is 0 Å². The van der Waals surface area contributed by atoms with Crippen molar-refractivity contribution in [3.8, 4) is 0 Å². The number of allylic oxidation sites excluding steroid dienone is 2. The summed E-state index contributed by atoms with van der Waals surface area (Å²) < 4.78 is 0. The average Bonchev–Trinajstić information content (AvgIpc) is 2.43. The Balaban J connectivity index is 5.04. The van der Waals surface area contributed by atoms with Gasteiger partial charge < -0.3 is 5.41 Å². The average molecular weight is 278 g/mol. The Labute approximate surface area is 126 Å². The first kappa shape index (κ1) is 19.1. The summed E-state index contributed by atoms with van der Waals surface area (Å²) in [5.74, 6) is 0. The van der Waals surface area contributed by atoms with E-state index in [1.807, 2.05) is 6.92 Å². The van der Waals surface area contributed by atoms with Gasteiger partial charge in [0.15, 0.2) is 0 Å². The summed E-state index contributed by atoms with van der Waals surface area (Å²) in [7, 11) is 0. The quantitative estimate of drug-likeness (QED) is 0.438. The first-order valence-electron chi connectivity index (χ1n) is 8.02. The van der Waals surface area contributed by atoms with E-state index in [2.05, 4.69) is 51.7 Å². The maximum absolute atomic E-state index is 7.53. The number of rotatable bonds is 10. The Kier molecular flexibility index (Phi) is 9.49. The molecule has 0 atom stereocenters. The molecule has 0 rings (SSSR count). The predicted octanol–water partition coefficient (Wildman–Crippen LogP) is 5.07. The van der Waals surface area contributed by atoms with Crippen molar-refractivity contribution in [2.24, 2.45) is 5.41 Å². The standard InChI is InChI=1S/C18H34N2/c1-7-12-20(13-8-2)15-17(16(4)14-19)10-11-18(5,6)9-3/h10-11,14,19H,7-9,12-13,15H2,1-6H3/b11-10+,17-16+,19-14?.